The maximum atomic E-state index is 12.5. The van der Waals surface area contributed by atoms with Crippen molar-refractivity contribution in [3.05, 3.63) is 45.7 Å². The fraction of sp³-hybridized carbons (Fsp3) is 0.412. The first kappa shape index (κ1) is 14.5. The fourth-order valence-electron chi connectivity index (χ4n) is 2.26. The average Bonchev–Trinajstić information content (AvgIpc) is 2.47. The number of aromatic nitrogens is 1. The molecule has 0 fully saturated rings. The van der Waals surface area contributed by atoms with Crippen LogP contribution in [-0.4, -0.2) is 10.8 Å². The minimum atomic E-state index is -0.151. The number of aromatic amines is 1. The number of fused-ring (bicyclic) bond motifs is 1. The first-order valence-electron chi connectivity index (χ1n) is 7.24. The molecule has 1 aromatic heterocycles. The van der Waals surface area contributed by atoms with Gasteiger partial charge in [0.15, 0.2) is 11.2 Å². The summed E-state index contributed by atoms with van der Waals surface area (Å²) in [5.41, 5.74) is 2.02. The van der Waals surface area contributed by atoms with Gasteiger partial charge in [0, 0.05) is 23.5 Å². The SMILES string of the molecule is CCc1ccc2[nH]cc(C(=O)CC(C)CC)c(=O)c2c1. The molecule has 1 aromatic carbocycles. The lowest BCUT2D eigenvalue weighted by molar-refractivity contribution is 0.0962. The van der Waals surface area contributed by atoms with Crippen LogP contribution in [0, 0.1) is 5.92 Å². The van der Waals surface area contributed by atoms with Crippen LogP contribution in [0.3, 0.4) is 0 Å². The van der Waals surface area contributed by atoms with Crippen LogP contribution in [0.25, 0.3) is 10.9 Å². The molecule has 1 heterocycles. The summed E-state index contributed by atoms with van der Waals surface area (Å²) in [5, 5.41) is 0.611. The second-order valence-electron chi connectivity index (χ2n) is 5.41. The number of H-pyrrole nitrogens is 1. The second kappa shape index (κ2) is 6.04. The number of ketones is 1. The Kier molecular flexibility index (Phi) is 4.38. The predicted octanol–water partition coefficient (Wildman–Crippen LogP) is 3.71. The van der Waals surface area contributed by atoms with E-state index >= 15 is 0 Å². The van der Waals surface area contributed by atoms with Gasteiger partial charge in [-0.1, -0.05) is 33.3 Å². The highest BCUT2D eigenvalue weighted by molar-refractivity contribution is 5.98. The lowest BCUT2D eigenvalue weighted by Crippen LogP contribution is -2.17. The lowest BCUT2D eigenvalue weighted by Gasteiger charge is -2.08. The standard InChI is InChI=1S/C17H21NO2/c1-4-11(3)8-16(19)14-10-18-15-7-6-12(5-2)9-13(15)17(14)20/h6-7,9-11H,4-5,8H2,1-3H3,(H,18,20). The fourth-order valence-corrected chi connectivity index (χ4v) is 2.26. The molecule has 0 saturated heterocycles. The first-order chi connectivity index (χ1) is 9.56. The highest BCUT2D eigenvalue weighted by Crippen LogP contribution is 2.14. The number of Topliss-reactive ketones (excluding diaryl/α,β-unsaturated/α-hetero) is 1. The molecule has 20 heavy (non-hydrogen) atoms. The van der Waals surface area contributed by atoms with Gasteiger partial charge in [0.1, 0.15) is 0 Å². The van der Waals surface area contributed by atoms with Gasteiger partial charge in [-0.25, -0.2) is 0 Å². The molecule has 0 bridgehead atoms. The topological polar surface area (TPSA) is 49.9 Å². The summed E-state index contributed by atoms with van der Waals surface area (Å²) in [5.74, 6) is 0.240. The Hall–Kier alpha value is -1.90. The summed E-state index contributed by atoms with van der Waals surface area (Å²) in [6.45, 7) is 6.13. The number of nitrogens with one attached hydrogen (secondary N) is 1. The minimum Gasteiger partial charge on any atom is -0.360 e. The third-order valence-corrected chi connectivity index (χ3v) is 3.88. The van der Waals surface area contributed by atoms with Crippen LogP contribution in [-0.2, 0) is 6.42 Å². The van der Waals surface area contributed by atoms with Crippen molar-refractivity contribution in [2.45, 2.75) is 40.0 Å². The number of benzene rings is 1. The summed E-state index contributed by atoms with van der Waals surface area (Å²) in [6, 6.07) is 5.78. The van der Waals surface area contributed by atoms with Gasteiger partial charge in [-0.2, -0.15) is 0 Å². The molecule has 2 rings (SSSR count). The molecular weight excluding hydrogens is 250 g/mol. The van der Waals surface area contributed by atoms with E-state index in [-0.39, 0.29) is 16.8 Å². The van der Waals surface area contributed by atoms with Crippen LogP contribution >= 0.6 is 0 Å². The molecular formula is C17H21NO2. The molecule has 0 aliphatic heterocycles. The van der Waals surface area contributed by atoms with E-state index in [1.54, 1.807) is 6.20 Å². The van der Waals surface area contributed by atoms with E-state index in [4.69, 9.17) is 0 Å². The van der Waals surface area contributed by atoms with Gasteiger partial charge >= 0.3 is 0 Å². The summed E-state index contributed by atoms with van der Waals surface area (Å²) in [4.78, 5) is 27.7. The quantitative estimate of drug-likeness (QED) is 0.843. The Morgan fingerprint density at radius 2 is 2.05 bits per heavy atom. The summed E-state index contributed by atoms with van der Waals surface area (Å²) < 4.78 is 0. The number of rotatable bonds is 5. The van der Waals surface area contributed by atoms with Crippen molar-refractivity contribution >= 4 is 16.7 Å². The second-order valence-corrected chi connectivity index (χ2v) is 5.41. The highest BCUT2D eigenvalue weighted by atomic mass is 16.1. The Morgan fingerprint density at radius 1 is 1.30 bits per heavy atom. The summed E-state index contributed by atoms with van der Waals surface area (Å²) >= 11 is 0. The van der Waals surface area contributed by atoms with Gasteiger partial charge in [-0.15, -0.1) is 0 Å². The van der Waals surface area contributed by atoms with Gasteiger partial charge in [-0.05, 0) is 30.0 Å². The molecule has 1 N–H and O–H groups in total. The van der Waals surface area contributed by atoms with Crippen LogP contribution in [0.5, 0.6) is 0 Å². The molecule has 3 heteroatoms. The minimum absolute atomic E-state index is 0.0654. The van der Waals surface area contributed by atoms with Gasteiger partial charge in [0.05, 0.1) is 5.56 Å². The van der Waals surface area contributed by atoms with Gasteiger partial charge in [-0.3, -0.25) is 9.59 Å². The van der Waals surface area contributed by atoms with Gasteiger partial charge < -0.3 is 4.98 Å². The van der Waals surface area contributed by atoms with Crippen LogP contribution in [0.4, 0.5) is 0 Å². The van der Waals surface area contributed by atoms with Crippen molar-refractivity contribution in [3.8, 4) is 0 Å². The molecule has 0 aliphatic rings. The number of carbonyl (C=O) groups excluding carboxylic acids is 1. The van der Waals surface area contributed by atoms with E-state index in [1.165, 1.54) is 0 Å². The molecule has 0 amide bonds. The largest absolute Gasteiger partial charge is 0.360 e. The van der Waals surface area contributed by atoms with E-state index in [1.807, 2.05) is 32.0 Å². The van der Waals surface area contributed by atoms with E-state index in [0.29, 0.717) is 17.7 Å². The Balaban J connectivity index is 2.48. The molecule has 0 spiro atoms. The molecule has 1 atom stereocenters. The van der Waals surface area contributed by atoms with E-state index in [0.717, 1.165) is 23.9 Å². The van der Waals surface area contributed by atoms with Gasteiger partial charge in [0.25, 0.3) is 0 Å². The number of pyridine rings is 1. The average molecular weight is 271 g/mol. The molecule has 0 aliphatic carbocycles. The normalized spacial score (nSPS) is 12.6. The molecule has 106 valence electrons. The van der Waals surface area contributed by atoms with Crippen molar-refractivity contribution in [2.75, 3.05) is 0 Å². The van der Waals surface area contributed by atoms with Crippen LogP contribution in [0.15, 0.2) is 29.2 Å². The number of carbonyl (C=O) groups is 1. The van der Waals surface area contributed by atoms with Gasteiger partial charge in [0.2, 0.25) is 0 Å². The molecule has 1 unspecified atom stereocenters. The van der Waals surface area contributed by atoms with E-state index < -0.39 is 0 Å². The van der Waals surface area contributed by atoms with Crippen LogP contribution < -0.4 is 5.43 Å². The Morgan fingerprint density at radius 3 is 2.70 bits per heavy atom. The van der Waals surface area contributed by atoms with Crippen LogP contribution in [0.2, 0.25) is 0 Å². The molecule has 0 radical (unpaired) electrons. The number of hydrogen-bond donors (Lipinski definition) is 1. The monoisotopic (exact) mass is 271 g/mol. The van der Waals surface area contributed by atoms with E-state index in [9.17, 15) is 9.59 Å². The number of aryl methyl sites for hydroxylation is 1. The van der Waals surface area contributed by atoms with E-state index in [2.05, 4.69) is 11.9 Å². The highest BCUT2D eigenvalue weighted by Gasteiger charge is 2.15. The maximum Gasteiger partial charge on any atom is 0.200 e. The molecule has 2 aromatic rings. The molecule has 0 saturated carbocycles. The predicted molar refractivity (Wildman–Crippen MR) is 82.3 cm³/mol. The van der Waals surface area contributed by atoms with Crippen molar-refractivity contribution in [1.29, 1.82) is 0 Å². The third kappa shape index (κ3) is 2.82. The van der Waals surface area contributed by atoms with Crippen molar-refractivity contribution in [3.63, 3.8) is 0 Å². The van der Waals surface area contributed by atoms with Crippen molar-refractivity contribution in [1.82, 2.24) is 4.98 Å². The summed E-state index contributed by atoms with van der Waals surface area (Å²) in [6.07, 6.45) is 3.80. The van der Waals surface area contributed by atoms with Crippen molar-refractivity contribution < 1.29 is 4.79 Å². The summed E-state index contributed by atoms with van der Waals surface area (Å²) in [7, 11) is 0. The zero-order valence-corrected chi connectivity index (χ0v) is 12.3. The third-order valence-electron chi connectivity index (χ3n) is 3.88. The molecule has 3 nitrogen and oxygen atoms in total. The Labute approximate surface area is 119 Å². The maximum absolute atomic E-state index is 12.5. The van der Waals surface area contributed by atoms with Crippen molar-refractivity contribution in [2.24, 2.45) is 5.92 Å². The number of hydrogen-bond acceptors (Lipinski definition) is 2. The first-order valence-corrected chi connectivity index (χ1v) is 7.24. The zero-order chi connectivity index (χ0) is 14.7. The lowest BCUT2D eigenvalue weighted by atomic mass is 9.97. The zero-order valence-electron chi connectivity index (χ0n) is 12.3. The van der Waals surface area contributed by atoms with Crippen LogP contribution in [0.1, 0.15) is 49.5 Å². The smallest absolute Gasteiger partial charge is 0.200 e. The Bertz CT molecular complexity index is 685.